The van der Waals surface area contributed by atoms with Crippen molar-refractivity contribution in [3.63, 3.8) is 0 Å². The molecule has 2 aliphatic heterocycles. The highest BCUT2D eigenvalue weighted by Gasteiger charge is 2.46. The quantitative estimate of drug-likeness (QED) is 0.250. The summed E-state index contributed by atoms with van der Waals surface area (Å²) >= 11 is 0. The van der Waals surface area contributed by atoms with E-state index in [2.05, 4.69) is 5.32 Å². The molecule has 0 radical (unpaired) electrons. The van der Waals surface area contributed by atoms with Crippen LogP contribution >= 0.6 is 0 Å². The predicted octanol–water partition coefficient (Wildman–Crippen LogP) is 0.676. The number of carbonyl (C=O) groups excluding carboxylic acids is 4. The summed E-state index contributed by atoms with van der Waals surface area (Å²) in [5.41, 5.74) is 0.589. The van der Waals surface area contributed by atoms with E-state index in [1.54, 1.807) is 13.0 Å². The molecule has 0 aliphatic carbocycles. The highest BCUT2D eigenvalue weighted by Crippen LogP contribution is 2.32. The minimum Gasteiger partial charge on any atom is -0.380 e. The molecular formula is C24H24N2O10S2. The van der Waals surface area contributed by atoms with Crippen molar-refractivity contribution in [2.75, 3.05) is 19.0 Å². The molecule has 2 aromatic carbocycles. The molecule has 1 unspecified atom stereocenters. The highest BCUT2D eigenvalue weighted by molar-refractivity contribution is 7.91. The van der Waals surface area contributed by atoms with E-state index in [-0.39, 0.29) is 53.4 Å². The number of hydrogen-bond donors (Lipinski definition) is 2. The normalized spacial score (nSPS) is 18.1. The van der Waals surface area contributed by atoms with Gasteiger partial charge in [0.25, 0.3) is 21.9 Å². The van der Waals surface area contributed by atoms with Crippen LogP contribution in [0.5, 0.6) is 0 Å². The van der Waals surface area contributed by atoms with E-state index in [1.807, 2.05) is 0 Å². The van der Waals surface area contributed by atoms with E-state index < -0.39 is 55.4 Å². The number of imide groups is 2. The molecule has 4 rings (SSSR count). The Morgan fingerprint density at radius 3 is 2.42 bits per heavy atom. The molecule has 4 amide bonds. The van der Waals surface area contributed by atoms with Gasteiger partial charge < -0.3 is 4.74 Å². The lowest BCUT2D eigenvalue weighted by molar-refractivity contribution is -0.136. The number of carbonyl (C=O) groups is 4. The topological polar surface area (TPSA) is 181 Å². The number of amides is 4. The molecule has 2 aromatic rings. The monoisotopic (exact) mass is 564 g/mol. The van der Waals surface area contributed by atoms with Crippen LogP contribution in [0.4, 0.5) is 0 Å². The van der Waals surface area contributed by atoms with Gasteiger partial charge in [0.05, 0.1) is 39.9 Å². The molecule has 12 nitrogen and oxygen atoms in total. The second kappa shape index (κ2) is 10.4. The molecule has 2 aliphatic rings. The van der Waals surface area contributed by atoms with E-state index in [1.165, 1.54) is 30.3 Å². The van der Waals surface area contributed by atoms with Crippen molar-refractivity contribution >= 4 is 43.6 Å². The summed E-state index contributed by atoms with van der Waals surface area (Å²) in [4.78, 5) is 49.8. The Kier molecular flexibility index (Phi) is 7.52. The fourth-order valence-corrected chi connectivity index (χ4v) is 6.54. The van der Waals surface area contributed by atoms with Crippen LogP contribution in [0.3, 0.4) is 0 Å². The van der Waals surface area contributed by atoms with Crippen molar-refractivity contribution in [1.82, 2.24) is 10.2 Å². The first-order valence-electron chi connectivity index (χ1n) is 11.5. The molecule has 202 valence electrons. The molecule has 0 bridgehead atoms. The molecule has 14 heteroatoms. The van der Waals surface area contributed by atoms with Crippen LogP contribution in [0.2, 0.25) is 0 Å². The number of nitrogens with zero attached hydrogens (tertiary/aromatic N) is 1. The van der Waals surface area contributed by atoms with Crippen LogP contribution in [0.1, 0.15) is 44.7 Å². The maximum atomic E-state index is 13.1. The first kappa shape index (κ1) is 27.6. The summed E-state index contributed by atoms with van der Waals surface area (Å²) in [5, 5.41) is 2.08. The minimum absolute atomic E-state index is 0.0465. The fourth-order valence-electron chi connectivity index (χ4n) is 4.46. The first-order valence-corrected chi connectivity index (χ1v) is 14.6. The van der Waals surface area contributed by atoms with Gasteiger partial charge >= 0.3 is 0 Å². The average Bonchev–Trinajstić information content (AvgIpc) is 3.08. The van der Waals surface area contributed by atoms with Crippen LogP contribution in [-0.2, 0) is 40.7 Å². The Bertz CT molecular complexity index is 1560. The maximum Gasteiger partial charge on any atom is 0.294 e. The number of fused-ring (bicyclic) bond motifs is 1. The SMILES string of the molecule is Cc1ccc(S(=O)(=O)O)c(CCOCCS(=O)(=O)c2cccc3c2C(=O)N(C2CCC(=O)NC2=O)C3=O)c1. The zero-order valence-electron chi connectivity index (χ0n) is 20.2. The first-order chi connectivity index (χ1) is 17.8. The number of rotatable bonds is 9. The fraction of sp³-hybridized carbons (Fsp3) is 0.333. The van der Waals surface area contributed by atoms with Crippen molar-refractivity contribution in [3.05, 3.63) is 58.7 Å². The Balaban J connectivity index is 1.45. The van der Waals surface area contributed by atoms with Crippen molar-refractivity contribution in [3.8, 4) is 0 Å². The number of aryl methyl sites for hydroxylation is 1. The van der Waals surface area contributed by atoms with Gasteiger partial charge in [-0.15, -0.1) is 0 Å². The van der Waals surface area contributed by atoms with Gasteiger partial charge in [0.1, 0.15) is 6.04 Å². The zero-order valence-corrected chi connectivity index (χ0v) is 21.8. The number of ether oxygens (including phenoxy) is 1. The average molecular weight is 565 g/mol. The second-order valence-corrected chi connectivity index (χ2v) is 12.4. The number of benzene rings is 2. The van der Waals surface area contributed by atoms with Gasteiger partial charge in [0.2, 0.25) is 11.8 Å². The third-order valence-electron chi connectivity index (χ3n) is 6.27. The Labute approximate surface area is 218 Å². The molecule has 2 N–H and O–H groups in total. The van der Waals surface area contributed by atoms with Gasteiger partial charge in [-0.25, -0.2) is 8.42 Å². The summed E-state index contributed by atoms with van der Waals surface area (Å²) in [5.74, 6) is -3.62. The largest absolute Gasteiger partial charge is 0.380 e. The van der Waals surface area contributed by atoms with Gasteiger partial charge in [-0.3, -0.25) is 33.9 Å². The van der Waals surface area contributed by atoms with Crippen LogP contribution in [0.25, 0.3) is 0 Å². The van der Waals surface area contributed by atoms with E-state index >= 15 is 0 Å². The lowest BCUT2D eigenvalue weighted by Gasteiger charge is -2.27. The highest BCUT2D eigenvalue weighted by atomic mass is 32.2. The lowest BCUT2D eigenvalue weighted by atomic mass is 10.0. The Morgan fingerprint density at radius 2 is 1.74 bits per heavy atom. The summed E-state index contributed by atoms with van der Waals surface area (Å²) in [7, 11) is -8.56. The molecule has 1 fully saturated rings. The van der Waals surface area contributed by atoms with Crippen molar-refractivity contribution < 1.29 is 45.3 Å². The van der Waals surface area contributed by atoms with Crippen molar-refractivity contribution in [2.45, 2.75) is 42.0 Å². The van der Waals surface area contributed by atoms with Crippen LogP contribution in [0.15, 0.2) is 46.2 Å². The summed E-state index contributed by atoms with van der Waals surface area (Å²) in [6.07, 6.45) is -0.0433. The van der Waals surface area contributed by atoms with Crippen molar-refractivity contribution in [1.29, 1.82) is 0 Å². The lowest BCUT2D eigenvalue weighted by Crippen LogP contribution is -2.54. The van der Waals surface area contributed by atoms with Gasteiger partial charge in [0.15, 0.2) is 9.84 Å². The number of nitrogens with one attached hydrogen (secondary N) is 1. The number of piperidine rings is 1. The summed E-state index contributed by atoms with van der Waals surface area (Å²) < 4.78 is 64.2. The van der Waals surface area contributed by atoms with E-state index in [9.17, 15) is 40.6 Å². The van der Waals surface area contributed by atoms with Crippen LogP contribution in [0, 0.1) is 6.92 Å². The standard InChI is InChI=1S/C24H24N2O10S2/c1-14-5-7-18(38(33,34)35)15(13-14)9-10-36-11-12-37(31,32)19-4-2-3-16-21(19)24(30)26(23(16)29)17-6-8-20(27)25-22(17)28/h2-5,7,13,17H,6,8-12H2,1H3,(H,25,27,28)(H,33,34,35). The third-order valence-corrected chi connectivity index (χ3v) is 8.94. The number of hydrogen-bond acceptors (Lipinski definition) is 9. The molecule has 0 aromatic heterocycles. The molecule has 1 atom stereocenters. The van der Waals surface area contributed by atoms with Gasteiger partial charge in [-0.05, 0) is 43.5 Å². The Hall–Kier alpha value is -3.46. The molecule has 2 heterocycles. The molecule has 38 heavy (non-hydrogen) atoms. The van der Waals surface area contributed by atoms with Gasteiger partial charge in [-0.2, -0.15) is 8.42 Å². The molecular weight excluding hydrogens is 540 g/mol. The second-order valence-electron chi connectivity index (χ2n) is 8.89. The van der Waals surface area contributed by atoms with Crippen molar-refractivity contribution in [2.24, 2.45) is 0 Å². The summed E-state index contributed by atoms with van der Waals surface area (Å²) in [6.45, 7) is 1.41. The van der Waals surface area contributed by atoms with Gasteiger partial charge in [0, 0.05) is 6.42 Å². The number of sulfone groups is 1. The Morgan fingerprint density at radius 1 is 1.00 bits per heavy atom. The van der Waals surface area contributed by atoms with Crippen LogP contribution < -0.4 is 5.32 Å². The van der Waals surface area contributed by atoms with Gasteiger partial charge in [-0.1, -0.05) is 23.8 Å². The predicted molar refractivity (Wildman–Crippen MR) is 131 cm³/mol. The van der Waals surface area contributed by atoms with E-state index in [0.29, 0.717) is 10.5 Å². The molecule has 0 spiro atoms. The van der Waals surface area contributed by atoms with E-state index in [0.717, 1.165) is 5.56 Å². The minimum atomic E-state index is -4.44. The van der Waals surface area contributed by atoms with E-state index in [4.69, 9.17) is 4.74 Å². The zero-order chi connectivity index (χ0) is 27.8. The van der Waals surface area contributed by atoms with Crippen LogP contribution in [-0.4, -0.2) is 74.9 Å². The third kappa shape index (κ3) is 5.38. The smallest absolute Gasteiger partial charge is 0.294 e. The molecule has 0 saturated carbocycles. The maximum absolute atomic E-state index is 13.1. The summed E-state index contributed by atoms with van der Waals surface area (Å²) in [6, 6.07) is 6.97. The molecule has 1 saturated heterocycles.